The van der Waals surface area contributed by atoms with Crippen LogP contribution in [0.2, 0.25) is 0 Å². The van der Waals surface area contributed by atoms with Gasteiger partial charge in [0.05, 0.1) is 7.11 Å². The van der Waals surface area contributed by atoms with E-state index in [4.69, 9.17) is 4.74 Å². The first-order valence-corrected chi connectivity index (χ1v) is 5.24. The Labute approximate surface area is 118 Å². The van der Waals surface area contributed by atoms with Gasteiger partial charge in [0.1, 0.15) is 11.4 Å². The maximum atomic E-state index is 11.5. The molecule has 0 unspecified atom stereocenters. The summed E-state index contributed by atoms with van der Waals surface area (Å²) in [4.78, 5) is 4.26. The maximum Gasteiger partial charge on any atom is 1.00 e. The van der Waals surface area contributed by atoms with Crippen LogP contribution in [0.1, 0.15) is 5.56 Å². The van der Waals surface area contributed by atoms with Gasteiger partial charge < -0.3 is 9.84 Å². The largest absolute Gasteiger partial charge is 1.00 e. The summed E-state index contributed by atoms with van der Waals surface area (Å²) < 4.78 is 5.17. The van der Waals surface area contributed by atoms with E-state index in [1.165, 1.54) is 6.07 Å². The van der Waals surface area contributed by atoms with E-state index in [2.05, 4.69) is 4.99 Å². The molecule has 0 aromatic heterocycles. The average molecular weight is 233 g/mol. The van der Waals surface area contributed by atoms with Crippen molar-refractivity contribution in [2.24, 2.45) is 4.99 Å². The van der Waals surface area contributed by atoms with Crippen molar-refractivity contribution in [3.8, 4) is 11.5 Å². The van der Waals surface area contributed by atoms with Gasteiger partial charge >= 0.3 is 18.9 Å². The number of hydrogen-bond acceptors (Lipinski definition) is 3. The van der Waals surface area contributed by atoms with Crippen LogP contribution < -0.4 is 28.7 Å². The van der Waals surface area contributed by atoms with Crippen molar-refractivity contribution in [2.45, 2.75) is 0 Å². The fraction of sp³-hybridized carbons (Fsp3) is 0.0714. The van der Waals surface area contributed by atoms with Gasteiger partial charge in [-0.25, -0.2) is 0 Å². The molecule has 0 atom stereocenters. The molecule has 0 aliphatic heterocycles. The predicted octanol–water partition coefficient (Wildman–Crippen LogP) is -0.477. The van der Waals surface area contributed by atoms with Gasteiger partial charge in [-0.05, 0) is 17.7 Å². The Morgan fingerprint density at radius 3 is 2.44 bits per heavy atom. The zero-order valence-corrected chi connectivity index (χ0v) is 10.5. The van der Waals surface area contributed by atoms with E-state index in [9.17, 15) is 5.11 Å². The summed E-state index contributed by atoms with van der Waals surface area (Å²) in [5.74, 6) is 0.651. The second-order valence-corrected chi connectivity index (χ2v) is 3.47. The van der Waals surface area contributed by atoms with Crippen LogP contribution in [0.5, 0.6) is 11.5 Å². The van der Waals surface area contributed by atoms with Crippen molar-refractivity contribution >= 4 is 11.9 Å². The molecule has 0 N–H and O–H groups in total. The number of nitrogens with zero attached hydrogens (tertiary/aromatic N) is 1. The molecule has 4 heteroatoms. The summed E-state index contributed by atoms with van der Waals surface area (Å²) in [5, 5.41) is 11.5. The molecule has 2 rings (SSSR count). The van der Waals surface area contributed by atoms with E-state index in [0.29, 0.717) is 17.0 Å². The average Bonchev–Trinajstić information content (AvgIpc) is 2.38. The molecular weight excluding hydrogens is 221 g/mol. The van der Waals surface area contributed by atoms with Gasteiger partial charge in [-0.1, -0.05) is 36.4 Å². The molecule has 0 fully saturated rings. The summed E-state index contributed by atoms with van der Waals surface area (Å²) >= 11 is 0. The molecule has 3 nitrogen and oxygen atoms in total. The third kappa shape index (κ3) is 3.40. The van der Waals surface area contributed by atoms with Crippen molar-refractivity contribution in [1.82, 2.24) is 0 Å². The molecule has 86 valence electrons. The molecule has 0 saturated carbocycles. The van der Waals surface area contributed by atoms with Crippen LogP contribution in [0.3, 0.4) is 0 Å². The fourth-order valence-corrected chi connectivity index (χ4v) is 1.46. The van der Waals surface area contributed by atoms with E-state index in [-0.39, 0.29) is 24.6 Å². The minimum atomic E-state index is -0.0360. The molecule has 0 aliphatic rings. The van der Waals surface area contributed by atoms with Crippen molar-refractivity contribution in [3.05, 3.63) is 54.1 Å². The molecule has 0 aliphatic carbocycles. The zero-order valence-electron chi connectivity index (χ0n) is 10.5. The summed E-state index contributed by atoms with van der Waals surface area (Å²) in [7, 11) is 1.59. The van der Waals surface area contributed by atoms with E-state index >= 15 is 0 Å². The van der Waals surface area contributed by atoms with Crippen LogP contribution in [0.4, 0.5) is 5.69 Å². The molecule has 0 bridgehead atoms. The van der Waals surface area contributed by atoms with Gasteiger partial charge in [0, 0.05) is 6.21 Å². The molecule has 0 saturated heterocycles. The zero-order chi connectivity index (χ0) is 12.1. The standard InChI is InChI=1S/C14H13NO2.Li/c1-17-14-9-5-3-7-12(14)15-10-11-6-2-4-8-13(11)16;/h2-10,16H,1H3;/q;+1/p-1. The number of ether oxygens (including phenoxy) is 1. The molecule has 0 heterocycles. The van der Waals surface area contributed by atoms with Crippen LogP contribution in [0.25, 0.3) is 0 Å². The second-order valence-electron chi connectivity index (χ2n) is 3.47. The van der Waals surface area contributed by atoms with E-state index in [0.717, 1.165) is 0 Å². The normalized spacial score (nSPS) is 10.1. The SMILES string of the molecule is COc1ccccc1N=Cc1ccccc1[O-].[Li+]. The molecule has 0 amide bonds. The third-order valence-electron chi connectivity index (χ3n) is 2.35. The first-order chi connectivity index (χ1) is 8.31. The molecular formula is C14H12LiNO2. The van der Waals surface area contributed by atoms with Gasteiger partial charge in [0.2, 0.25) is 0 Å². The first-order valence-electron chi connectivity index (χ1n) is 5.24. The van der Waals surface area contributed by atoms with Gasteiger partial charge in [-0.15, -0.1) is 5.75 Å². The fourth-order valence-electron chi connectivity index (χ4n) is 1.46. The van der Waals surface area contributed by atoms with Crippen molar-refractivity contribution in [2.75, 3.05) is 7.11 Å². The number of benzene rings is 2. The van der Waals surface area contributed by atoms with Gasteiger partial charge in [-0.2, -0.15) is 0 Å². The Balaban J connectivity index is 0.00000162. The van der Waals surface area contributed by atoms with Crippen LogP contribution in [-0.2, 0) is 0 Å². The number of para-hydroxylation sites is 3. The van der Waals surface area contributed by atoms with E-state index in [1.807, 2.05) is 30.3 Å². The minimum absolute atomic E-state index is 0. The molecule has 0 radical (unpaired) electrons. The van der Waals surface area contributed by atoms with Crippen molar-refractivity contribution in [1.29, 1.82) is 0 Å². The topological polar surface area (TPSA) is 44.6 Å². The number of methoxy groups -OCH3 is 1. The van der Waals surface area contributed by atoms with E-state index < -0.39 is 0 Å². The Kier molecular flexibility index (Phi) is 5.51. The number of aliphatic imine (C=N–C) groups is 1. The second kappa shape index (κ2) is 6.90. The quantitative estimate of drug-likeness (QED) is 0.531. The monoisotopic (exact) mass is 233 g/mol. The summed E-state index contributed by atoms with van der Waals surface area (Å²) in [6.07, 6.45) is 1.56. The van der Waals surface area contributed by atoms with Gasteiger partial charge in [-0.3, -0.25) is 4.99 Å². The molecule has 0 spiro atoms. The Hall–Kier alpha value is -1.69. The van der Waals surface area contributed by atoms with Gasteiger partial charge in [0.25, 0.3) is 0 Å². The number of hydrogen-bond donors (Lipinski definition) is 0. The van der Waals surface area contributed by atoms with Crippen LogP contribution in [0.15, 0.2) is 53.5 Å². The molecule has 2 aromatic carbocycles. The van der Waals surface area contributed by atoms with Crippen molar-refractivity contribution < 1.29 is 28.7 Å². The van der Waals surface area contributed by atoms with Crippen LogP contribution >= 0.6 is 0 Å². The maximum absolute atomic E-state index is 11.5. The van der Waals surface area contributed by atoms with Crippen LogP contribution in [0, 0.1) is 0 Å². The third-order valence-corrected chi connectivity index (χ3v) is 2.35. The molecule has 2 aromatic rings. The predicted molar refractivity (Wildman–Crippen MR) is 66.1 cm³/mol. The van der Waals surface area contributed by atoms with Crippen molar-refractivity contribution in [3.63, 3.8) is 0 Å². The van der Waals surface area contributed by atoms with E-state index in [1.54, 1.807) is 25.5 Å². The Morgan fingerprint density at radius 1 is 1.06 bits per heavy atom. The van der Waals surface area contributed by atoms with Gasteiger partial charge in [0.15, 0.2) is 0 Å². The Bertz CT molecular complexity index is 541. The first kappa shape index (κ1) is 14.4. The minimum Gasteiger partial charge on any atom is -0.872 e. The summed E-state index contributed by atoms with van der Waals surface area (Å²) in [5.41, 5.74) is 1.27. The number of rotatable bonds is 3. The van der Waals surface area contributed by atoms with Crippen LogP contribution in [-0.4, -0.2) is 13.3 Å². The summed E-state index contributed by atoms with van der Waals surface area (Å²) in [6.45, 7) is 0. The molecule has 18 heavy (non-hydrogen) atoms. The smallest absolute Gasteiger partial charge is 0.872 e. The Morgan fingerprint density at radius 2 is 1.72 bits per heavy atom. The summed E-state index contributed by atoms with van der Waals surface area (Å²) in [6, 6.07) is 14.2.